The number of para-hydroxylation sites is 1. The van der Waals surface area contributed by atoms with E-state index >= 15 is 0 Å². The Bertz CT molecular complexity index is 1720. The van der Waals surface area contributed by atoms with E-state index in [2.05, 4.69) is 102 Å². The molecule has 0 fully saturated rings. The Hall–Kier alpha value is -3.84. The smallest absolute Gasteiger partial charge is 0.0471 e. The van der Waals surface area contributed by atoms with Gasteiger partial charge in [0.25, 0.3) is 0 Å². The monoisotopic (exact) mass is 367 g/mol. The second-order valence-electron chi connectivity index (χ2n) is 7.83. The van der Waals surface area contributed by atoms with Crippen LogP contribution in [0.2, 0.25) is 0 Å². The van der Waals surface area contributed by atoms with Gasteiger partial charge >= 0.3 is 0 Å². The molecule has 7 aromatic rings. The van der Waals surface area contributed by atoms with Crippen LogP contribution in [0.1, 0.15) is 0 Å². The maximum absolute atomic E-state index is 3.58. The van der Waals surface area contributed by atoms with Gasteiger partial charge < -0.3 is 4.98 Å². The van der Waals surface area contributed by atoms with Crippen LogP contribution in [0.15, 0.2) is 97.1 Å². The number of rotatable bonds is 0. The van der Waals surface area contributed by atoms with E-state index in [1.165, 1.54) is 64.9 Å². The number of aromatic nitrogens is 1. The van der Waals surface area contributed by atoms with Crippen LogP contribution < -0.4 is 0 Å². The molecule has 0 unspecified atom stereocenters. The van der Waals surface area contributed by atoms with E-state index in [9.17, 15) is 0 Å². The van der Waals surface area contributed by atoms with Crippen molar-refractivity contribution in [3.8, 4) is 0 Å². The highest BCUT2D eigenvalue weighted by molar-refractivity contribution is 6.34. The van der Waals surface area contributed by atoms with Crippen LogP contribution >= 0.6 is 0 Å². The number of H-pyrrole nitrogens is 1. The Balaban J connectivity index is 1.82. The van der Waals surface area contributed by atoms with E-state index in [1.807, 2.05) is 0 Å². The highest BCUT2D eigenvalue weighted by atomic mass is 14.7. The first kappa shape index (κ1) is 15.1. The Morgan fingerprint density at radius 2 is 0.759 bits per heavy atom. The first-order valence-corrected chi connectivity index (χ1v) is 10.1. The molecule has 0 spiro atoms. The summed E-state index contributed by atoms with van der Waals surface area (Å²) >= 11 is 0. The van der Waals surface area contributed by atoms with Crippen LogP contribution in [0.3, 0.4) is 0 Å². The first-order chi connectivity index (χ1) is 14.4. The maximum Gasteiger partial charge on any atom is 0.0471 e. The summed E-state index contributed by atoms with van der Waals surface area (Å²) in [5.74, 6) is 0. The predicted octanol–water partition coefficient (Wildman–Crippen LogP) is 7.93. The molecule has 0 radical (unpaired) electrons. The summed E-state index contributed by atoms with van der Waals surface area (Å²) in [6.07, 6.45) is 0. The summed E-state index contributed by atoms with van der Waals surface area (Å²) in [6, 6.07) is 35.3. The molecule has 0 saturated carbocycles. The minimum absolute atomic E-state index is 1.19. The molecule has 0 aliphatic heterocycles. The first-order valence-electron chi connectivity index (χ1n) is 10.1. The minimum atomic E-state index is 1.19. The largest absolute Gasteiger partial charge is 0.354 e. The zero-order valence-electron chi connectivity index (χ0n) is 15.7. The quantitative estimate of drug-likeness (QED) is 0.262. The van der Waals surface area contributed by atoms with Gasteiger partial charge in [0.15, 0.2) is 0 Å². The second-order valence-corrected chi connectivity index (χ2v) is 7.83. The van der Waals surface area contributed by atoms with Crippen LogP contribution in [-0.2, 0) is 0 Å². The zero-order valence-corrected chi connectivity index (χ0v) is 15.7. The normalized spacial score (nSPS) is 12.1. The van der Waals surface area contributed by atoms with E-state index in [0.29, 0.717) is 0 Å². The van der Waals surface area contributed by atoms with Gasteiger partial charge in [0.1, 0.15) is 0 Å². The predicted molar refractivity (Wildman–Crippen MR) is 126 cm³/mol. The minimum Gasteiger partial charge on any atom is -0.354 e. The molecule has 0 bridgehead atoms. The Labute approximate surface area is 167 Å². The number of aromatic amines is 1. The SMILES string of the molecule is c1ccc2c(c1)[nH]c1ccc3c(ccc4c5ccccc5c5ccccc5c43)c12. The topological polar surface area (TPSA) is 15.8 Å². The fourth-order valence-electron chi connectivity index (χ4n) is 5.16. The molecule has 0 aliphatic rings. The number of nitrogens with one attached hydrogen (secondary N) is 1. The van der Waals surface area contributed by atoms with E-state index in [1.54, 1.807) is 0 Å². The van der Waals surface area contributed by atoms with Gasteiger partial charge in [-0.05, 0) is 55.2 Å². The van der Waals surface area contributed by atoms with Gasteiger partial charge in [-0.3, -0.25) is 0 Å². The molecule has 7 rings (SSSR count). The van der Waals surface area contributed by atoms with Crippen molar-refractivity contribution in [1.29, 1.82) is 0 Å². The van der Waals surface area contributed by atoms with Crippen LogP contribution in [0.5, 0.6) is 0 Å². The lowest BCUT2D eigenvalue weighted by molar-refractivity contribution is 1.55. The average molecular weight is 367 g/mol. The summed E-state index contributed by atoms with van der Waals surface area (Å²) in [4.78, 5) is 3.58. The Morgan fingerprint density at radius 3 is 1.48 bits per heavy atom. The van der Waals surface area contributed by atoms with Crippen molar-refractivity contribution in [2.24, 2.45) is 0 Å². The average Bonchev–Trinajstić information content (AvgIpc) is 3.18. The molecule has 1 aromatic heterocycles. The number of hydrogen-bond donors (Lipinski definition) is 1. The molecule has 1 nitrogen and oxygen atoms in total. The van der Waals surface area contributed by atoms with E-state index in [0.717, 1.165) is 0 Å². The summed E-state index contributed by atoms with van der Waals surface area (Å²) in [5.41, 5.74) is 2.39. The fourth-order valence-corrected chi connectivity index (χ4v) is 5.16. The molecule has 0 aliphatic carbocycles. The van der Waals surface area contributed by atoms with Gasteiger partial charge in [-0.1, -0.05) is 84.9 Å². The Kier molecular flexibility index (Phi) is 2.80. The van der Waals surface area contributed by atoms with Gasteiger partial charge in [0.05, 0.1) is 0 Å². The molecule has 0 saturated heterocycles. The molecule has 29 heavy (non-hydrogen) atoms. The summed E-state index contributed by atoms with van der Waals surface area (Å²) < 4.78 is 0. The lowest BCUT2D eigenvalue weighted by Crippen LogP contribution is -1.85. The third kappa shape index (κ3) is 1.89. The van der Waals surface area contributed by atoms with E-state index in [4.69, 9.17) is 0 Å². The maximum atomic E-state index is 3.58. The number of hydrogen-bond acceptors (Lipinski definition) is 0. The van der Waals surface area contributed by atoms with Crippen LogP contribution in [-0.4, -0.2) is 4.98 Å². The van der Waals surface area contributed by atoms with Crippen molar-refractivity contribution in [3.05, 3.63) is 97.1 Å². The number of fused-ring (bicyclic) bond motifs is 12. The van der Waals surface area contributed by atoms with Crippen LogP contribution in [0, 0.1) is 0 Å². The molecule has 1 N–H and O–H groups in total. The standard InChI is InChI=1S/C28H17N/c1-2-9-19-17(7-1)18-8-3-4-10-20(18)27-21(19)13-14-23-22(27)15-16-26-28(23)24-11-5-6-12-25(24)29-26/h1-16,29H. The summed E-state index contributed by atoms with van der Waals surface area (Å²) in [5, 5.41) is 13.2. The Morgan fingerprint density at radius 1 is 0.310 bits per heavy atom. The number of benzene rings is 6. The zero-order chi connectivity index (χ0) is 18.9. The van der Waals surface area contributed by atoms with Crippen molar-refractivity contribution in [3.63, 3.8) is 0 Å². The van der Waals surface area contributed by atoms with E-state index < -0.39 is 0 Å². The molecular weight excluding hydrogens is 350 g/mol. The van der Waals surface area contributed by atoms with Crippen molar-refractivity contribution < 1.29 is 0 Å². The highest BCUT2D eigenvalue weighted by Gasteiger charge is 2.14. The van der Waals surface area contributed by atoms with Gasteiger partial charge in [-0.2, -0.15) is 0 Å². The molecule has 0 atom stereocenters. The van der Waals surface area contributed by atoms with Crippen LogP contribution in [0.4, 0.5) is 0 Å². The van der Waals surface area contributed by atoms with Crippen molar-refractivity contribution >= 4 is 64.9 Å². The fraction of sp³-hybridized carbons (Fsp3) is 0. The molecular formula is C28H17N. The molecule has 1 heterocycles. The summed E-state index contributed by atoms with van der Waals surface area (Å²) in [6.45, 7) is 0. The molecule has 1 heteroatoms. The lowest BCUT2D eigenvalue weighted by Gasteiger charge is -2.13. The third-order valence-electron chi connectivity index (χ3n) is 6.37. The van der Waals surface area contributed by atoms with Crippen molar-refractivity contribution in [2.45, 2.75) is 0 Å². The molecule has 134 valence electrons. The third-order valence-corrected chi connectivity index (χ3v) is 6.37. The molecule has 0 amide bonds. The molecule has 6 aromatic carbocycles. The van der Waals surface area contributed by atoms with Gasteiger partial charge in [-0.15, -0.1) is 0 Å². The highest BCUT2D eigenvalue weighted by Crippen LogP contribution is 2.41. The van der Waals surface area contributed by atoms with Gasteiger partial charge in [-0.25, -0.2) is 0 Å². The van der Waals surface area contributed by atoms with E-state index in [-0.39, 0.29) is 0 Å². The van der Waals surface area contributed by atoms with Crippen LogP contribution in [0.25, 0.3) is 64.9 Å². The van der Waals surface area contributed by atoms with Crippen molar-refractivity contribution in [1.82, 2.24) is 4.98 Å². The lowest BCUT2D eigenvalue weighted by atomic mass is 9.90. The summed E-state index contributed by atoms with van der Waals surface area (Å²) in [7, 11) is 0. The van der Waals surface area contributed by atoms with Crippen molar-refractivity contribution in [2.75, 3.05) is 0 Å². The second kappa shape index (κ2) is 5.36. The van der Waals surface area contributed by atoms with Gasteiger partial charge in [0, 0.05) is 21.8 Å². The van der Waals surface area contributed by atoms with Gasteiger partial charge in [0.2, 0.25) is 0 Å².